The summed E-state index contributed by atoms with van der Waals surface area (Å²) in [4.78, 5) is 26.8. The lowest BCUT2D eigenvalue weighted by Gasteiger charge is -2.23. The van der Waals surface area contributed by atoms with Gasteiger partial charge >= 0.3 is 5.97 Å². The number of nitrogens with one attached hydrogen (secondary N) is 1. The fourth-order valence-corrected chi connectivity index (χ4v) is 1.93. The summed E-state index contributed by atoms with van der Waals surface area (Å²) in [5.74, 6) is -1.78. The zero-order chi connectivity index (χ0) is 9.64. The number of rotatable bonds is 1. The zero-order valence-electron chi connectivity index (χ0n) is 6.82. The number of aliphatic carboxylic acids is 1. The first-order chi connectivity index (χ1) is 6.05. The maximum Gasteiger partial charge on any atom is 0.326 e. The molecule has 1 aliphatic heterocycles. The molecule has 3 atom stereocenters. The van der Waals surface area contributed by atoms with Gasteiger partial charge in [-0.25, -0.2) is 5.48 Å². The van der Waals surface area contributed by atoms with Crippen LogP contribution in [0.25, 0.3) is 0 Å². The van der Waals surface area contributed by atoms with Gasteiger partial charge in [-0.15, -0.1) is 0 Å². The van der Waals surface area contributed by atoms with E-state index >= 15 is 0 Å². The van der Waals surface area contributed by atoms with Crippen LogP contribution in [0, 0.1) is 5.92 Å². The van der Waals surface area contributed by atoms with E-state index in [9.17, 15) is 9.59 Å². The summed E-state index contributed by atoms with van der Waals surface area (Å²) in [5, 5.41) is 8.86. The Balaban J connectivity index is 2.28. The van der Waals surface area contributed by atoms with E-state index in [0.717, 1.165) is 0 Å². The molecule has 6 nitrogen and oxygen atoms in total. The van der Waals surface area contributed by atoms with Gasteiger partial charge in [0.05, 0.1) is 5.92 Å². The summed E-state index contributed by atoms with van der Waals surface area (Å²) in [6.45, 7) is 0. The monoisotopic (exact) mass is 186 g/mol. The highest BCUT2D eigenvalue weighted by atomic mass is 16.7. The number of fused-ring (bicyclic) bond motifs is 1. The van der Waals surface area contributed by atoms with Crippen LogP contribution in [0.2, 0.25) is 0 Å². The number of amides is 1. The number of hydroxylamine groups is 1. The van der Waals surface area contributed by atoms with Crippen molar-refractivity contribution in [1.29, 1.82) is 0 Å². The lowest BCUT2D eigenvalue weighted by Crippen LogP contribution is -2.55. The van der Waals surface area contributed by atoms with Crippen molar-refractivity contribution in [3.63, 3.8) is 0 Å². The van der Waals surface area contributed by atoms with Crippen LogP contribution in [0.15, 0.2) is 0 Å². The van der Waals surface area contributed by atoms with Crippen molar-refractivity contribution in [2.24, 2.45) is 11.7 Å². The smallest absolute Gasteiger partial charge is 0.326 e. The molecule has 0 aromatic rings. The number of carbonyl (C=O) groups excluding carboxylic acids is 1. The minimum Gasteiger partial charge on any atom is -0.480 e. The number of carboxylic acids is 1. The van der Waals surface area contributed by atoms with Gasteiger partial charge in [0.1, 0.15) is 11.6 Å². The molecule has 1 heterocycles. The molecule has 1 amide bonds. The van der Waals surface area contributed by atoms with Crippen molar-refractivity contribution in [1.82, 2.24) is 5.48 Å². The first-order valence-corrected chi connectivity index (χ1v) is 4.03. The molecule has 4 N–H and O–H groups in total. The van der Waals surface area contributed by atoms with Crippen LogP contribution in [0.1, 0.15) is 12.8 Å². The summed E-state index contributed by atoms with van der Waals surface area (Å²) in [5.41, 5.74) is 6.37. The molecule has 0 spiro atoms. The predicted octanol–water partition coefficient (Wildman–Crippen LogP) is -1.39. The highest BCUT2D eigenvalue weighted by molar-refractivity contribution is 5.86. The molecule has 1 saturated heterocycles. The van der Waals surface area contributed by atoms with Crippen molar-refractivity contribution in [3.05, 3.63) is 0 Å². The van der Waals surface area contributed by atoms with E-state index in [2.05, 4.69) is 5.48 Å². The van der Waals surface area contributed by atoms with Gasteiger partial charge in [-0.2, -0.15) is 0 Å². The quantitative estimate of drug-likeness (QED) is 0.468. The SMILES string of the molecule is N[C@]1(C(=O)O)CC[C@H]2C(=O)NO[C@H]21. The van der Waals surface area contributed by atoms with Crippen LogP contribution in [0.5, 0.6) is 0 Å². The van der Waals surface area contributed by atoms with Gasteiger partial charge in [0.15, 0.2) is 0 Å². The summed E-state index contributed by atoms with van der Waals surface area (Å²) < 4.78 is 0. The van der Waals surface area contributed by atoms with Crippen LogP contribution in [0.4, 0.5) is 0 Å². The molecule has 0 radical (unpaired) electrons. The minimum absolute atomic E-state index is 0.265. The number of hydrogen-bond acceptors (Lipinski definition) is 4. The van der Waals surface area contributed by atoms with Gasteiger partial charge < -0.3 is 10.8 Å². The topological polar surface area (TPSA) is 102 Å². The maximum atomic E-state index is 11.1. The Labute approximate surface area is 74.0 Å². The first kappa shape index (κ1) is 8.46. The van der Waals surface area contributed by atoms with Crippen LogP contribution in [-0.2, 0) is 14.4 Å². The van der Waals surface area contributed by atoms with Crippen molar-refractivity contribution < 1.29 is 19.5 Å². The summed E-state index contributed by atoms with van der Waals surface area (Å²) in [6, 6.07) is 0. The Morgan fingerprint density at radius 1 is 1.77 bits per heavy atom. The first-order valence-electron chi connectivity index (χ1n) is 4.03. The third-order valence-corrected chi connectivity index (χ3v) is 2.76. The van der Waals surface area contributed by atoms with E-state index in [-0.39, 0.29) is 12.3 Å². The van der Waals surface area contributed by atoms with Gasteiger partial charge in [-0.3, -0.25) is 14.4 Å². The molecule has 1 saturated carbocycles. The molecule has 0 unspecified atom stereocenters. The second kappa shape index (κ2) is 2.43. The average molecular weight is 186 g/mol. The second-order valence-electron chi connectivity index (χ2n) is 3.50. The Morgan fingerprint density at radius 2 is 2.46 bits per heavy atom. The number of hydrogen-bond donors (Lipinski definition) is 3. The molecular formula is C7H10N2O4. The van der Waals surface area contributed by atoms with E-state index in [0.29, 0.717) is 6.42 Å². The van der Waals surface area contributed by atoms with Crippen molar-refractivity contribution in [2.45, 2.75) is 24.5 Å². The summed E-state index contributed by atoms with van der Waals surface area (Å²) >= 11 is 0. The number of carbonyl (C=O) groups is 2. The van der Waals surface area contributed by atoms with Crippen molar-refractivity contribution >= 4 is 11.9 Å². The Kier molecular flexibility index (Phi) is 1.58. The second-order valence-corrected chi connectivity index (χ2v) is 3.50. The Morgan fingerprint density at radius 3 is 3.08 bits per heavy atom. The van der Waals surface area contributed by atoms with Crippen LogP contribution in [0.3, 0.4) is 0 Å². The lowest BCUT2D eigenvalue weighted by atomic mass is 9.94. The molecule has 72 valence electrons. The molecule has 13 heavy (non-hydrogen) atoms. The molecule has 0 bridgehead atoms. The van der Waals surface area contributed by atoms with Crippen molar-refractivity contribution in [3.8, 4) is 0 Å². The van der Waals surface area contributed by atoms with E-state index in [1.54, 1.807) is 0 Å². The zero-order valence-corrected chi connectivity index (χ0v) is 6.82. The fourth-order valence-electron chi connectivity index (χ4n) is 1.93. The normalized spacial score (nSPS) is 43.0. The van der Waals surface area contributed by atoms with Gasteiger partial charge in [0.25, 0.3) is 0 Å². The van der Waals surface area contributed by atoms with Gasteiger partial charge in [-0.05, 0) is 12.8 Å². The highest BCUT2D eigenvalue weighted by Crippen LogP contribution is 2.38. The lowest BCUT2D eigenvalue weighted by molar-refractivity contribution is -0.150. The molecule has 6 heteroatoms. The van der Waals surface area contributed by atoms with Gasteiger partial charge in [-0.1, -0.05) is 0 Å². The standard InChI is InChI=1S/C7H10N2O4/c8-7(6(11)12)2-1-3-4(7)13-9-5(3)10/h3-4H,1-2,8H2,(H,9,10)(H,11,12)/t3-,4-,7-/m1/s1. The summed E-state index contributed by atoms with van der Waals surface area (Å²) in [7, 11) is 0. The third kappa shape index (κ3) is 0.956. The molecular weight excluding hydrogens is 176 g/mol. The van der Waals surface area contributed by atoms with E-state index in [4.69, 9.17) is 15.7 Å². The Bertz CT molecular complexity index is 280. The molecule has 2 rings (SSSR count). The molecule has 2 aliphatic rings. The van der Waals surface area contributed by atoms with Crippen LogP contribution in [-0.4, -0.2) is 28.6 Å². The molecule has 0 aromatic heterocycles. The predicted molar refractivity (Wildman–Crippen MR) is 40.3 cm³/mol. The molecule has 1 aliphatic carbocycles. The molecule has 0 aromatic carbocycles. The fraction of sp³-hybridized carbons (Fsp3) is 0.714. The number of carboxylic acid groups (broad SMARTS) is 1. The largest absolute Gasteiger partial charge is 0.480 e. The van der Waals surface area contributed by atoms with Gasteiger partial charge in [0, 0.05) is 0 Å². The maximum absolute atomic E-state index is 11.1. The van der Waals surface area contributed by atoms with E-state index < -0.39 is 23.5 Å². The van der Waals surface area contributed by atoms with Crippen LogP contribution < -0.4 is 11.2 Å². The van der Waals surface area contributed by atoms with E-state index in [1.807, 2.05) is 0 Å². The van der Waals surface area contributed by atoms with Crippen molar-refractivity contribution in [2.75, 3.05) is 0 Å². The van der Waals surface area contributed by atoms with Gasteiger partial charge in [0.2, 0.25) is 5.91 Å². The Hall–Kier alpha value is -1.14. The van der Waals surface area contributed by atoms with Crippen LogP contribution >= 0.6 is 0 Å². The molecule has 2 fully saturated rings. The highest BCUT2D eigenvalue weighted by Gasteiger charge is 2.58. The van der Waals surface area contributed by atoms with E-state index in [1.165, 1.54) is 0 Å². The minimum atomic E-state index is -1.41. The summed E-state index contributed by atoms with van der Waals surface area (Å²) in [6.07, 6.45) is 0.0298. The average Bonchev–Trinajstić information content (AvgIpc) is 2.57. The third-order valence-electron chi connectivity index (χ3n) is 2.76. The number of nitrogens with two attached hydrogens (primary N) is 1.